The van der Waals surface area contributed by atoms with Crippen molar-refractivity contribution in [2.75, 3.05) is 14.2 Å². The van der Waals surface area contributed by atoms with E-state index in [0.717, 1.165) is 27.4 Å². The number of rotatable bonds is 6. The Morgan fingerprint density at radius 2 is 1.78 bits per heavy atom. The number of carbonyl (C=O) groups excluding carboxylic acids is 2. The van der Waals surface area contributed by atoms with Crippen LogP contribution in [-0.2, 0) is 17.8 Å². The van der Waals surface area contributed by atoms with Crippen LogP contribution in [0.3, 0.4) is 0 Å². The first-order valence-electron chi connectivity index (χ1n) is 8.09. The molecule has 1 aliphatic rings. The molecule has 1 heterocycles. The lowest BCUT2D eigenvalue weighted by atomic mass is 10.1. The molecule has 0 radical (unpaired) electrons. The summed E-state index contributed by atoms with van der Waals surface area (Å²) in [6.07, 6.45) is 0.387. The molecule has 3 rings (SSSR count). The molecular formula is C19H17BrClNO4S. The Morgan fingerprint density at radius 3 is 2.41 bits per heavy atom. The molecule has 0 aliphatic carbocycles. The lowest BCUT2D eigenvalue weighted by Gasteiger charge is -2.16. The van der Waals surface area contributed by atoms with Crippen molar-refractivity contribution in [3.8, 4) is 11.5 Å². The van der Waals surface area contributed by atoms with E-state index in [2.05, 4.69) is 15.9 Å². The number of hydrogen-bond acceptors (Lipinski definition) is 5. The van der Waals surface area contributed by atoms with Gasteiger partial charge in [-0.1, -0.05) is 35.5 Å². The van der Waals surface area contributed by atoms with Crippen LogP contribution in [0.4, 0.5) is 4.79 Å². The fraction of sp³-hybridized carbons (Fsp3) is 0.263. The van der Waals surface area contributed by atoms with Gasteiger partial charge in [-0.25, -0.2) is 0 Å². The zero-order chi connectivity index (χ0) is 19.6. The first-order chi connectivity index (χ1) is 12.9. The van der Waals surface area contributed by atoms with Gasteiger partial charge < -0.3 is 9.47 Å². The number of benzene rings is 2. The van der Waals surface area contributed by atoms with Crippen LogP contribution < -0.4 is 9.47 Å². The van der Waals surface area contributed by atoms with Crippen LogP contribution in [0.15, 0.2) is 40.9 Å². The van der Waals surface area contributed by atoms with Gasteiger partial charge >= 0.3 is 0 Å². The monoisotopic (exact) mass is 469 g/mol. The third-order valence-electron chi connectivity index (χ3n) is 4.22. The Balaban J connectivity index is 1.77. The average molecular weight is 471 g/mol. The smallest absolute Gasteiger partial charge is 0.289 e. The van der Waals surface area contributed by atoms with Gasteiger partial charge in [-0.3, -0.25) is 14.5 Å². The Hall–Kier alpha value is -1.70. The predicted octanol–water partition coefficient (Wildman–Crippen LogP) is 4.93. The van der Waals surface area contributed by atoms with Crippen molar-refractivity contribution < 1.29 is 19.1 Å². The number of imide groups is 1. The molecule has 27 heavy (non-hydrogen) atoms. The number of ether oxygens (including phenoxy) is 2. The molecule has 8 heteroatoms. The fourth-order valence-corrected chi connectivity index (χ4v) is 4.52. The van der Waals surface area contributed by atoms with Crippen molar-refractivity contribution in [2.24, 2.45) is 0 Å². The zero-order valence-corrected chi connectivity index (χ0v) is 17.9. The first kappa shape index (κ1) is 20.0. The third kappa shape index (κ3) is 4.42. The lowest BCUT2D eigenvalue weighted by molar-refractivity contribution is -0.127. The highest BCUT2D eigenvalue weighted by Crippen LogP contribution is 2.37. The number of methoxy groups -OCH3 is 2. The largest absolute Gasteiger partial charge is 0.496 e. The number of hydrogen-bond donors (Lipinski definition) is 0. The molecule has 2 aromatic rings. The van der Waals surface area contributed by atoms with E-state index >= 15 is 0 Å². The number of carbonyl (C=O) groups is 2. The second-order valence-corrected chi connectivity index (χ2v) is 8.37. The Bertz CT molecular complexity index is 875. The lowest BCUT2D eigenvalue weighted by Crippen LogP contribution is -2.31. The molecule has 2 aromatic carbocycles. The normalized spacial score (nSPS) is 16.7. The van der Waals surface area contributed by atoms with Gasteiger partial charge in [0.2, 0.25) is 5.91 Å². The van der Waals surface area contributed by atoms with Crippen LogP contribution in [0.5, 0.6) is 11.5 Å². The van der Waals surface area contributed by atoms with E-state index in [1.54, 1.807) is 32.4 Å². The second-order valence-electron chi connectivity index (χ2n) is 5.93. The highest BCUT2D eigenvalue weighted by atomic mass is 79.9. The number of amides is 2. The van der Waals surface area contributed by atoms with E-state index in [1.165, 1.54) is 4.90 Å². The molecule has 1 aliphatic heterocycles. The van der Waals surface area contributed by atoms with Crippen molar-refractivity contribution in [2.45, 2.75) is 18.2 Å². The highest BCUT2D eigenvalue weighted by Gasteiger charge is 2.39. The van der Waals surface area contributed by atoms with Crippen molar-refractivity contribution in [3.05, 3.63) is 57.0 Å². The topological polar surface area (TPSA) is 55.8 Å². The number of thioether (sulfide) groups is 1. The molecule has 0 spiro atoms. The van der Waals surface area contributed by atoms with E-state index < -0.39 is 5.25 Å². The Labute approximate surface area is 175 Å². The van der Waals surface area contributed by atoms with Gasteiger partial charge in [0.25, 0.3) is 5.24 Å². The van der Waals surface area contributed by atoms with Crippen LogP contribution in [-0.4, -0.2) is 35.5 Å². The summed E-state index contributed by atoms with van der Waals surface area (Å²) < 4.78 is 11.5. The second kappa shape index (κ2) is 8.54. The maximum atomic E-state index is 12.8. The summed E-state index contributed by atoms with van der Waals surface area (Å²) in [6, 6.07) is 10.7. The summed E-state index contributed by atoms with van der Waals surface area (Å²) in [7, 11) is 3.14. The molecule has 0 saturated carbocycles. The van der Waals surface area contributed by atoms with Crippen molar-refractivity contribution in [1.29, 1.82) is 0 Å². The predicted molar refractivity (Wildman–Crippen MR) is 110 cm³/mol. The van der Waals surface area contributed by atoms with Gasteiger partial charge in [0.05, 0.1) is 30.5 Å². The highest BCUT2D eigenvalue weighted by molar-refractivity contribution is 9.10. The maximum Gasteiger partial charge on any atom is 0.289 e. The van der Waals surface area contributed by atoms with Gasteiger partial charge in [-0.15, -0.1) is 0 Å². The average Bonchev–Trinajstić information content (AvgIpc) is 2.91. The van der Waals surface area contributed by atoms with Gasteiger partial charge in [0.1, 0.15) is 11.5 Å². The summed E-state index contributed by atoms with van der Waals surface area (Å²) in [5, 5.41) is -0.118. The molecule has 0 aromatic heterocycles. The quantitative estimate of drug-likeness (QED) is 0.599. The van der Waals surface area contributed by atoms with E-state index in [1.807, 2.05) is 18.2 Å². The van der Waals surface area contributed by atoms with Crippen molar-refractivity contribution in [3.63, 3.8) is 0 Å². The van der Waals surface area contributed by atoms with Crippen LogP contribution in [0.25, 0.3) is 0 Å². The van der Waals surface area contributed by atoms with Gasteiger partial charge in [0.15, 0.2) is 0 Å². The summed E-state index contributed by atoms with van der Waals surface area (Å²) in [5.41, 5.74) is 1.68. The zero-order valence-electron chi connectivity index (χ0n) is 14.7. The van der Waals surface area contributed by atoms with Crippen LogP contribution in [0, 0.1) is 0 Å². The van der Waals surface area contributed by atoms with Crippen LogP contribution in [0.2, 0.25) is 5.02 Å². The molecule has 142 valence electrons. The molecule has 1 fully saturated rings. The molecule has 0 bridgehead atoms. The summed E-state index contributed by atoms with van der Waals surface area (Å²) in [6.45, 7) is 0.238. The van der Waals surface area contributed by atoms with Gasteiger partial charge in [-0.2, -0.15) is 0 Å². The molecular weight excluding hydrogens is 454 g/mol. The van der Waals surface area contributed by atoms with Crippen molar-refractivity contribution >= 4 is 50.4 Å². The maximum absolute atomic E-state index is 12.8. The minimum Gasteiger partial charge on any atom is -0.496 e. The van der Waals surface area contributed by atoms with E-state index in [-0.39, 0.29) is 17.7 Å². The number of nitrogens with zero attached hydrogens (tertiary/aromatic N) is 1. The summed E-state index contributed by atoms with van der Waals surface area (Å²) >= 11 is 10.4. The van der Waals surface area contributed by atoms with E-state index in [0.29, 0.717) is 22.9 Å². The molecule has 2 amide bonds. The summed E-state index contributed by atoms with van der Waals surface area (Å²) in [4.78, 5) is 26.4. The Morgan fingerprint density at radius 1 is 1.11 bits per heavy atom. The van der Waals surface area contributed by atoms with Crippen LogP contribution in [0.1, 0.15) is 11.1 Å². The first-order valence-corrected chi connectivity index (χ1v) is 10.1. The number of halogens is 2. The molecule has 0 N–H and O–H groups in total. The van der Waals surface area contributed by atoms with Gasteiger partial charge in [0, 0.05) is 11.1 Å². The van der Waals surface area contributed by atoms with Crippen LogP contribution >= 0.6 is 39.3 Å². The third-order valence-corrected chi connectivity index (χ3v) is 6.17. The molecule has 0 unspecified atom stereocenters. The van der Waals surface area contributed by atoms with Crippen molar-refractivity contribution in [1.82, 2.24) is 4.90 Å². The minimum absolute atomic E-state index is 0.200. The standard InChI is InChI=1S/C19H17BrClNO4S/c1-25-15-9-16(26-2)14(20)7-12(15)8-17-18(23)22(19(24)27-17)10-11-3-5-13(21)6-4-11/h3-7,9,17H,8,10H2,1-2H3/t17-/m0/s1. The Kier molecular flexibility index (Phi) is 6.34. The fourth-order valence-electron chi connectivity index (χ4n) is 2.82. The molecule has 5 nitrogen and oxygen atoms in total. The van der Waals surface area contributed by atoms with E-state index in [4.69, 9.17) is 21.1 Å². The molecule has 1 saturated heterocycles. The minimum atomic E-state index is -0.487. The van der Waals surface area contributed by atoms with Gasteiger partial charge in [-0.05, 0) is 51.7 Å². The summed E-state index contributed by atoms with van der Waals surface area (Å²) in [5.74, 6) is 1.06. The SMILES string of the molecule is COc1cc(OC)c(C[C@@H]2SC(=O)N(Cc3ccc(Cl)cc3)C2=O)cc1Br. The molecule has 1 atom stereocenters. The van der Waals surface area contributed by atoms with E-state index in [9.17, 15) is 9.59 Å².